The quantitative estimate of drug-likeness (QED) is 0.841. The molecule has 4 rings (SSSR count). The summed E-state index contributed by atoms with van der Waals surface area (Å²) in [4.78, 5) is 26.5. The van der Waals surface area contributed by atoms with Gasteiger partial charge in [-0.05, 0) is 24.3 Å². The Kier molecular flexibility index (Phi) is 3.80. The van der Waals surface area contributed by atoms with Crippen molar-refractivity contribution in [1.82, 2.24) is 10.2 Å². The number of hydrogen-bond acceptors (Lipinski definition) is 3. The van der Waals surface area contributed by atoms with Crippen molar-refractivity contribution in [1.29, 1.82) is 0 Å². The number of urea groups is 1. The van der Waals surface area contributed by atoms with Gasteiger partial charge in [0.2, 0.25) is 0 Å². The number of fused-ring (bicyclic) bond motifs is 1. The molecule has 1 spiro atoms. The molecule has 2 aromatic carbocycles. The molecule has 6 nitrogen and oxygen atoms in total. The highest BCUT2D eigenvalue weighted by molar-refractivity contribution is 5.98. The van der Waals surface area contributed by atoms with Crippen LogP contribution in [0.1, 0.15) is 23.2 Å². The lowest BCUT2D eigenvalue weighted by Crippen LogP contribution is -2.61. The summed E-state index contributed by atoms with van der Waals surface area (Å²) in [5, 5.41) is 5.86. The monoisotopic (exact) mass is 337 g/mol. The zero-order valence-corrected chi connectivity index (χ0v) is 13.7. The molecule has 2 aliphatic rings. The van der Waals surface area contributed by atoms with Crippen LogP contribution >= 0.6 is 0 Å². The smallest absolute Gasteiger partial charge is 0.321 e. The lowest BCUT2D eigenvalue weighted by atomic mass is 9.97. The number of benzene rings is 2. The van der Waals surface area contributed by atoms with E-state index in [4.69, 9.17) is 4.74 Å². The lowest BCUT2D eigenvalue weighted by Gasteiger charge is -2.44. The summed E-state index contributed by atoms with van der Waals surface area (Å²) in [5.74, 6) is 0.484. The van der Waals surface area contributed by atoms with Crippen molar-refractivity contribution in [2.24, 2.45) is 0 Å². The number of amides is 3. The second kappa shape index (κ2) is 6.12. The topological polar surface area (TPSA) is 70.7 Å². The van der Waals surface area contributed by atoms with Crippen LogP contribution in [0.4, 0.5) is 10.5 Å². The van der Waals surface area contributed by atoms with Crippen LogP contribution in [0, 0.1) is 0 Å². The van der Waals surface area contributed by atoms with Gasteiger partial charge in [-0.3, -0.25) is 4.79 Å². The zero-order chi connectivity index (χ0) is 17.3. The Balaban J connectivity index is 1.42. The van der Waals surface area contributed by atoms with Crippen molar-refractivity contribution in [2.75, 3.05) is 18.4 Å². The van der Waals surface area contributed by atoms with E-state index in [2.05, 4.69) is 10.6 Å². The normalized spacial score (nSPS) is 18.1. The number of rotatable bonds is 1. The minimum Gasteiger partial charge on any atom is -0.467 e. The number of ether oxygens (including phenoxy) is 1. The van der Waals surface area contributed by atoms with E-state index in [9.17, 15) is 9.59 Å². The molecular formula is C19H19N3O3. The Morgan fingerprint density at radius 2 is 1.72 bits per heavy atom. The Labute approximate surface area is 145 Å². The van der Waals surface area contributed by atoms with Crippen LogP contribution in [0.3, 0.4) is 0 Å². The largest absolute Gasteiger partial charge is 0.467 e. The minimum absolute atomic E-state index is 0.121. The van der Waals surface area contributed by atoms with Crippen molar-refractivity contribution in [3.8, 4) is 5.75 Å². The Bertz CT molecular complexity index is 799. The molecule has 1 saturated heterocycles. The molecule has 2 aromatic rings. The molecule has 0 radical (unpaired) electrons. The number of para-hydroxylation sites is 2. The maximum Gasteiger partial charge on any atom is 0.321 e. The molecule has 0 bridgehead atoms. The average molecular weight is 337 g/mol. The van der Waals surface area contributed by atoms with Gasteiger partial charge < -0.3 is 20.3 Å². The number of nitrogens with one attached hydrogen (secondary N) is 2. The van der Waals surface area contributed by atoms with Crippen LogP contribution in [0.25, 0.3) is 0 Å². The second-order valence-corrected chi connectivity index (χ2v) is 6.33. The van der Waals surface area contributed by atoms with E-state index < -0.39 is 5.72 Å². The predicted octanol–water partition coefficient (Wildman–Crippen LogP) is 2.83. The van der Waals surface area contributed by atoms with Crippen molar-refractivity contribution in [3.05, 3.63) is 60.2 Å². The fourth-order valence-corrected chi connectivity index (χ4v) is 3.28. The van der Waals surface area contributed by atoms with Crippen molar-refractivity contribution in [2.45, 2.75) is 18.6 Å². The van der Waals surface area contributed by atoms with Gasteiger partial charge in [-0.15, -0.1) is 0 Å². The first kappa shape index (κ1) is 15.5. The SMILES string of the molecule is O=C1NC2(CCN(C(=O)Nc3ccccc3)CC2)Oc2ccccc21. The Morgan fingerprint density at radius 1 is 1.04 bits per heavy atom. The van der Waals surface area contributed by atoms with Gasteiger partial charge in [-0.1, -0.05) is 30.3 Å². The van der Waals surface area contributed by atoms with Crippen LogP contribution in [0.5, 0.6) is 5.75 Å². The highest BCUT2D eigenvalue weighted by Gasteiger charge is 2.43. The number of nitrogens with zero attached hydrogens (tertiary/aromatic N) is 1. The Morgan fingerprint density at radius 3 is 2.48 bits per heavy atom. The maximum atomic E-state index is 12.4. The van der Waals surface area contributed by atoms with E-state index in [-0.39, 0.29) is 11.9 Å². The fraction of sp³-hybridized carbons (Fsp3) is 0.263. The average Bonchev–Trinajstić information content (AvgIpc) is 2.63. The first-order valence-corrected chi connectivity index (χ1v) is 8.37. The summed E-state index contributed by atoms with van der Waals surface area (Å²) in [5.41, 5.74) is 0.593. The van der Waals surface area contributed by atoms with Gasteiger partial charge in [0.15, 0.2) is 5.72 Å². The first-order chi connectivity index (χ1) is 12.2. The minimum atomic E-state index is -0.727. The standard InChI is InChI=1S/C19H19N3O3/c23-17-15-8-4-5-9-16(15)25-19(21-17)10-12-22(13-11-19)18(24)20-14-6-2-1-3-7-14/h1-9H,10-13H2,(H,20,24)(H,21,23). The summed E-state index contributed by atoms with van der Waals surface area (Å²) in [7, 11) is 0. The van der Waals surface area contributed by atoms with Gasteiger partial charge in [-0.2, -0.15) is 0 Å². The summed E-state index contributed by atoms with van der Waals surface area (Å²) >= 11 is 0. The van der Waals surface area contributed by atoms with Gasteiger partial charge in [-0.25, -0.2) is 4.79 Å². The number of carbonyl (C=O) groups is 2. The zero-order valence-electron chi connectivity index (χ0n) is 13.7. The molecule has 2 aliphatic heterocycles. The molecule has 1 fully saturated rings. The number of anilines is 1. The van der Waals surface area contributed by atoms with Gasteiger partial charge in [0.25, 0.3) is 5.91 Å². The van der Waals surface area contributed by atoms with Crippen LogP contribution in [-0.4, -0.2) is 35.7 Å². The van der Waals surface area contributed by atoms with E-state index in [1.165, 1.54) is 0 Å². The summed E-state index contributed by atoms with van der Waals surface area (Å²) in [6, 6.07) is 16.5. The first-order valence-electron chi connectivity index (χ1n) is 8.37. The molecule has 2 heterocycles. The molecule has 25 heavy (non-hydrogen) atoms. The lowest BCUT2D eigenvalue weighted by molar-refractivity contribution is -0.0203. The number of hydrogen-bond donors (Lipinski definition) is 2. The third-order valence-electron chi connectivity index (χ3n) is 4.66. The van der Waals surface area contributed by atoms with E-state index >= 15 is 0 Å². The molecule has 2 N–H and O–H groups in total. The maximum absolute atomic E-state index is 12.4. The number of carbonyl (C=O) groups excluding carboxylic acids is 2. The Hall–Kier alpha value is -3.02. The fourth-order valence-electron chi connectivity index (χ4n) is 3.28. The van der Waals surface area contributed by atoms with Crippen LogP contribution in [0.2, 0.25) is 0 Å². The van der Waals surface area contributed by atoms with Gasteiger partial charge in [0, 0.05) is 31.6 Å². The van der Waals surface area contributed by atoms with Crippen molar-refractivity contribution >= 4 is 17.6 Å². The molecule has 6 heteroatoms. The third kappa shape index (κ3) is 3.03. The van der Waals surface area contributed by atoms with E-state index in [1.54, 1.807) is 11.0 Å². The molecule has 0 saturated carbocycles. The predicted molar refractivity (Wildman–Crippen MR) is 93.5 cm³/mol. The molecule has 0 unspecified atom stereocenters. The molecule has 0 aromatic heterocycles. The van der Waals surface area contributed by atoms with Gasteiger partial charge in [0.1, 0.15) is 5.75 Å². The molecule has 3 amide bonds. The molecular weight excluding hydrogens is 318 g/mol. The second-order valence-electron chi connectivity index (χ2n) is 6.33. The van der Waals surface area contributed by atoms with Gasteiger partial charge in [0.05, 0.1) is 5.56 Å². The van der Waals surface area contributed by atoms with Gasteiger partial charge >= 0.3 is 6.03 Å². The van der Waals surface area contributed by atoms with Crippen molar-refractivity contribution in [3.63, 3.8) is 0 Å². The number of piperidine rings is 1. The number of likely N-dealkylation sites (tertiary alicyclic amines) is 1. The summed E-state index contributed by atoms with van der Waals surface area (Å²) in [6.07, 6.45) is 1.10. The third-order valence-corrected chi connectivity index (χ3v) is 4.66. The molecule has 0 atom stereocenters. The van der Waals surface area contributed by atoms with E-state index in [1.807, 2.05) is 48.5 Å². The molecule has 128 valence electrons. The van der Waals surface area contributed by atoms with E-state index in [0.29, 0.717) is 37.2 Å². The van der Waals surface area contributed by atoms with Crippen LogP contribution in [0.15, 0.2) is 54.6 Å². The highest BCUT2D eigenvalue weighted by Crippen LogP contribution is 2.33. The van der Waals surface area contributed by atoms with Crippen LogP contribution < -0.4 is 15.4 Å². The van der Waals surface area contributed by atoms with E-state index in [0.717, 1.165) is 5.69 Å². The van der Waals surface area contributed by atoms with Crippen molar-refractivity contribution < 1.29 is 14.3 Å². The van der Waals surface area contributed by atoms with Crippen LogP contribution in [-0.2, 0) is 0 Å². The summed E-state index contributed by atoms with van der Waals surface area (Å²) in [6.45, 7) is 1.03. The summed E-state index contributed by atoms with van der Waals surface area (Å²) < 4.78 is 6.09. The molecule has 0 aliphatic carbocycles. The highest BCUT2D eigenvalue weighted by atomic mass is 16.5.